The van der Waals surface area contributed by atoms with Crippen molar-refractivity contribution in [3.8, 4) is 0 Å². The van der Waals surface area contributed by atoms with E-state index >= 15 is 0 Å². The van der Waals surface area contributed by atoms with Gasteiger partial charge >= 0.3 is 0 Å². The molecule has 31 heavy (non-hydrogen) atoms. The van der Waals surface area contributed by atoms with E-state index in [2.05, 4.69) is 65.3 Å². The van der Waals surface area contributed by atoms with Gasteiger partial charge in [0.15, 0.2) is 0 Å². The van der Waals surface area contributed by atoms with E-state index in [1.165, 1.54) is 43.0 Å². The normalized spacial score (nSPS) is 23.3. The average molecular weight is 420 g/mol. The Labute approximate surface area is 185 Å². The van der Waals surface area contributed by atoms with Gasteiger partial charge in [0.25, 0.3) is 0 Å². The van der Waals surface area contributed by atoms with Gasteiger partial charge < -0.3 is 19.9 Å². The number of nitrogens with zero attached hydrogens (tertiary/aromatic N) is 4. The molecule has 6 heteroatoms. The smallest absolute Gasteiger partial charge is 0.227 e. The minimum atomic E-state index is 0.357. The van der Waals surface area contributed by atoms with Gasteiger partial charge in [-0.25, -0.2) is 9.97 Å². The molecule has 0 bridgehead atoms. The van der Waals surface area contributed by atoms with Crippen LogP contribution < -0.4 is 10.2 Å². The van der Waals surface area contributed by atoms with E-state index in [4.69, 9.17) is 9.72 Å². The number of benzene rings is 1. The minimum absolute atomic E-state index is 0.357. The van der Waals surface area contributed by atoms with Gasteiger partial charge in [-0.15, -0.1) is 0 Å². The molecule has 2 fully saturated rings. The predicted molar refractivity (Wildman–Crippen MR) is 126 cm³/mol. The summed E-state index contributed by atoms with van der Waals surface area (Å²) in [5, 5.41) is 3.40. The van der Waals surface area contributed by atoms with Gasteiger partial charge in [-0.2, -0.15) is 0 Å². The molecule has 1 aromatic carbocycles. The molecule has 0 amide bonds. The summed E-state index contributed by atoms with van der Waals surface area (Å²) in [6.45, 7) is 9.19. The van der Waals surface area contributed by atoms with Crippen LogP contribution in [0.3, 0.4) is 0 Å². The highest BCUT2D eigenvalue weighted by atomic mass is 16.5. The van der Waals surface area contributed by atoms with Crippen LogP contribution in [-0.4, -0.2) is 55.2 Å². The third-order valence-corrected chi connectivity index (χ3v) is 7.02. The van der Waals surface area contributed by atoms with Gasteiger partial charge in [0.05, 0.1) is 12.8 Å². The number of allylic oxidation sites excluding steroid dienone is 2. The standard InChI is InChI=1S/C25H33N5O/c1-16(2)23-22(31-4)10-5-17-11-26-25(28-24(17)23)27-20-6-8-21(9-7-20)30-14-18-12-29(3)13-19(18)15-30/h6-9,11,16,18-19H,5,10,12-15H2,1-4H3,(H,26,27,28). The van der Waals surface area contributed by atoms with Gasteiger partial charge in [-0.05, 0) is 61.1 Å². The highest BCUT2D eigenvalue weighted by molar-refractivity contribution is 5.71. The van der Waals surface area contributed by atoms with E-state index in [0.717, 1.165) is 41.8 Å². The third-order valence-electron chi connectivity index (χ3n) is 7.02. The molecule has 2 atom stereocenters. The number of ether oxygens (including phenoxy) is 1. The fourth-order valence-corrected chi connectivity index (χ4v) is 5.53. The van der Waals surface area contributed by atoms with Crippen molar-refractivity contribution in [3.05, 3.63) is 47.5 Å². The topological polar surface area (TPSA) is 53.5 Å². The quantitative estimate of drug-likeness (QED) is 0.785. The number of nitrogens with one attached hydrogen (secondary N) is 1. The number of rotatable bonds is 5. The van der Waals surface area contributed by atoms with Gasteiger partial charge in [-0.3, -0.25) is 0 Å². The second-order valence-electron chi connectivity index (χ2n) is 9.58. The SMILES string of the molecule is COC1=C(C(C)C)c2nc(Nc3ccc(N4CC5CN(C)CC5C4)cc3)ncc2CC1. The summed E-state index contributed by atoms with van der Waals surface area (Å²) in [6, 6.07) is 8.71. The molecule has 2 saturated heterocycles. The molecule has 3 heterocycles. The maximum Gasteiger partial charge on any atom is 0.227 e. The van der Waals surface area contributed by atoms with Crippen molar-refractivity contribution in [2.45, 2.75) is 26.7 Å². The van der Waals surface area contributed by atoms with E-state index < -0.39 is 0 Å². The van der Waals surface area contributed by atoms with Crippen LogP contribution in [0, 0.1) is 17.8 Å². The van der Waals surface area contributed by atoms with Gasteiger partial charge in [0.1, 0.15) is 5.76 Å². The fourth-order valence-electron chi connectivity index (χ4n) is 5.53. The molecule has 2 aromatic rings. The Morgan fingerprint density at radius 2 is 1.74 bits per heavy atom. The zero-order valence-corrected chi connectivity index (χ0v) is 19.1. The molecular formula is C25H33N5O. The molecule has 0 spiro atoms. The van der Waals surface area contributed by atoms with Crippen LogP contribution in [0.4, 0.5) is 17.3 Å². The zero-order chi connectivity index (χ0) is 21.5. The molecule has 1 N–H and O–H groups in total. The number of methoxy groups -OCH3 is 1. The summed E-state index contributed by atoms with van der Waals surface area (Å²) in [4.78, 5) is 14.5. The van der Waals surface area contributed by atoms with Crippen LogP contribution >= 0.6 is 0 Å². The summed E-state index contributed by atoms with van der Waals surface area (Å²) < 4.78 is 5.67. The van der Waals surface area contributed by atoms with Crippen molar-refractivity contribution in [3.63, 3.8) is 0 Å². The molecule has 1 aromatic heterocycles. The van der Waals surface area contributed by atoms with Gasteiger partial charge in [-0.1, -0.05) is 13.8 Å². The highest BCUT2D eigenvalue weighted by Gasteiger charge is 2.38. The number of aromatic nitrogens is 2. The molecule has 3 aliphatic rings. The monoisotopic (exact) mass is 419 g/mol. The Kier molecular flexibility index (Phi) is 5.34. The lowest BCUT2D eigenvalue weighted by Gasteiger charge is -2.24. The molecule has 6 nitrogen and oxygen atoms in total. The van der Waals surface area contributed by atoms with Gasteiger partial charge in [0, 0.05) is 55.7 Å². The van der Waals surface area contributed by atoms with Crippen molar-refractivity contribution in [2.24, 2.45) is 17.8 Å². The van der Waals surface area contributed by atoms with Crippen LogP contribution in [-0.2, 0) is 11.2 Å². The van der Waals surface area contributed by atoms with E-state index in [9.17, 15) is 0 Å². The number of hydrogen-bond acceptors (Lipinski definition) is 6. The molecule has 1 aliphatic carbocycles. The van der Waals surface area contributed by atoms with Crippen molar-refractivity contribution in [1.29, 1.82) is 0 Å². The number of fused-ring (bicyclic) bond motifs is 2. The first kappa shape index (κ1) is 20.3. The summed E-state index contributed by atoms with van der Waals surface area (Å²) in [7, 11) is 4.00. The number of aryl methyl sites for hydroxylation is 1. The van der Waals surface area contributed by atoms with Crippen LogP contribution in [0.5, 0.6) is 0 Å². The Balaban J connectivity index is 1.31. The largest absolute Gasteiger partial charge is 0.501 e. The Bertz CT molecular complexity index is 970. The van der Waals surface area contributed by atoms with Crippen molar-refractivity contribution in [1.82, 2.24) is 14.9 Å². The molecule has 0 saturated carbocycles. The second kappa shape index (κ2) is 8.15. The molecule has 5 rings (SSSR count). The maximum absolute atomic E-state index is 5.67. The first-order valence-electron chi connectivity index (χ1n) is 11.5. The van der Waals surface area contributed by atoms with Crippen molar-refractivity contribution in [2.75, 3.05) is 50.6 Å². The third kappa shape index (κ3) is 3.89. The first-order chi connectivity index (χ1) is 15.0. The fraction of sp³-hybridized carbons (Fsp3) is 0.520. The summed E-state index contributed by atoms with van der Waals surface area (Å²) in [5.41, 5.74) is 5.76. The number of likely N-dealkylation sites (tertiary alicyclic amines) is 1. The van der Waals surface area contributed by atoms with E-state index in [0.29, 0.717) is 11.9 Å². The van der Waals surface area contributed by atoms with E-state index in [-0.39, 0.29) is 0 Å². The lowest BCUT2D eigenvalue weighted by atomic mass is 9.88. The van der Waals surface area contributed by atoms with E-state index in [1.807, 2.05) is 6.20 Å². The molecule has 2 aliphatic heterocycles. The molecule has 164 valence electrons. The maximum atomic E-state index is 5.67. The predicted octanol–water partition coefficient (Wildman–Crippen LogP) is 4.18. The average Bonchev–Trinajstić information content (AvgIpc) is 3.30. The first-order valence-corrected chi connectivity index (χ1v) is 11.5. The van der Waals surface area contributed by atoms with Gasteiger partial charge in [0.2, 0.25) is 5.95 Å². The molecule has 2 unspecified atom stereocenters. The highest BCUT2D eigenvalue weighted by Crippen LogP contribution is 2.36. The Morgan fingerprint density at radius 1 is 1.03 bits per heavy atom. The van der Waals surface area contributed by atoms with Crippen molar-refractivity contribution >= 4 is 22.9 Å². The summed E-state index contributed by atoms with van der Waals surface area (Å²) in [5.74, 6) is 3.67. The number of hydrogen-bond donors (Lipinski definition) is 1. The van der Waals surface area contributed by atoms with E-state index in [1.54, 1.807) is 7.11 Å². The summed E-state index contributed by atoms with van der Waals surface area (Å²) in [6.07, 6.45) is 3.81. The number of anilines is 3. The Hall–Kier alpha value is -2.60. The molecular weight excluding hydrogens is 386 g/mol. The van der Waals surface area contributed by atoms with Crippen LogP contribution in [0.25, 0.3) is 5.57 Å². The zero-order valence-electron chi connectivity index (χ0n) is 19.1. The van der Waals surface area contributed by atoms with Crippen LogP contribution in [0.2, 0.25) is 0 Å². The van der Waals surface area contributed by atoms with Crippen LogP contribution in [0.1, 0.15) is 31.5 Å². The lowest BCUT2D eigenvalue weighted by Crippen LogP contribution is -2.26. The van der Waals surface area contributed by atoms with Crippen LogP contribution in [0.15, 0.2) is 36.2 Å². The second-order valence-corrected chi connectivity index (χ2v) is 9.58. The minimum Gasteiger partial charge on any atom is -0.501 e. The summed E-state index contributed by atoms with van der Waals surface area (Å²) >= 11 is 0. The van der Waals surface area contributed by atoms with Crippen molar-refractivity contribution < 1.29 is 4.74 Å². The molecule has 0 radical (unpaired) electrons. The Morgan fingerprint density at radius 3 is 2.39 bits per heavy atom. The lowest BCUT2D eigenvalue weighted by molar-refractivity contribution is 0.275.